The summed E-state index contributed by atoms with van der Waals surface area (Å²) in [5.41, 5.74) is 0.837. The van der Waals surface area contributed by atoms with Crippen LogP contribution in [0.2, 0.25) is 0 Å². The minimum absolute atomic E-state index is 0.0212. The zero-order chi connectivity index (χ0) is 57.9. The number of aromatic nitrogens is 3. The van der Waals surface area contributed by atoms with Crippen LogP contribution in [0.25, 0.3) is 0 Å². The van der Waals surface area contributed by atoms with Gasteiger partial charge in [0.1, 0.15) is 16.6 Å². The first kappa shape index (κ1) is 59.7. The highest BCUT2D eigenvalue weighted by atomic mass is 32.2. The van der Waals surface area contributed by atoms with Gasteiger partial charge in [-0.05, 0) is 86.0 Å². The smallest absolute Gasteiger partial charge is 0.399 e. The Bertz CT molecular complexity index is 3350. The Morgan fingerprint density at radius 3 is 2.32 bits per heavy atom. The van der Waals surface area contributed by atoms with Gasteiger partial charge in [-0.15, -0.1) is 16.9 Å². The monoisotopic (exact) mass is 1180 g/mol. The lowest BCUT2D eigenvalue weighted by Crippen LogP contribution is -2.54. The second-order valence-corrected chi connectivity index (χ2v) is 23.7. The van der Waals surface area contributed by atoms with E-state index in [-0.39, 0.29) is 79.7 Å². The van der Waals surface area contributed by atoms with Crippen molar-refractivity contribution in [2.75, 3.05) is 81.2 Å². The number of carbonyl (C=O) groups is 6. The number of piperidine rings is 1. The summed E-state index contributed by atoms with van der Waals surface area (Å²) in [6.45, 7) is 3.89. The molecule has 2 saturated heterocycles. The number of rotatable bonds is 26. The van der Waals surface area contributed by atoms with Crippen molar-refractivity contribution in [2.24, 2.45) is 0 Å². The fourth-order valence-corrected chi connectivity index (χ4v) is 12.1. The minimum Gasteiger partial charge on any atom is -0.399 e. The summed E-state index contributed by atoms with van der Waals surface area (Å²) in [6.07, 6.45) is 2.86. The molecule has 432 valence electrons. The fourth-order valence-electron chi connectivity index (χ4n) is 9.08. The van der Waals surface area contributed by atoms with Gasteiger partial charge in [0.05, 0.1) is 54.3 Å². The van der Waals surface area contributed by atoms with Crippen LogP contribution in [0.3, 0.4) is 0 Å². The van der Waals surface area contributed by atoms with Crippen molar-refractivity contribution in [1.82, 2.24) is 39.7 Å². The Labute approximate surface area is 468 Å². The van der Waals surface area contributed by atoms with Crippen LogP contribution in [0, 0.1) is 0 Å². The molecule has 3 aliphatic rings. The molecule has 0 radical (unpaired) electrons. The zero-order valence-electron chi connectivity index (χ0n) is 43.4. The maximum absolute atomic E-state index is 14.2. The highest BCUT2D eigenvalue weighted by Crippen LogP contribution is 2.37. The van der Waals surface area contributed by atoms with Crippen molar-refractivity contribution >= 4 is 84.1 Å². The minimum atomic E-state index is -6.13. The maximum atomic E-state index is 14.2. The second kappa shape index (κ2) is 26.4. The number of hydrogen-bond donors (Lipinski definition) is 5. The summed E-state index contributed by atoms with van der Waals surface area (Å²) in [6, 6.07) is 19.6. The third kappa shape index (κ3) is 15.1. The SMILES string of the molecule is Nc1ccc(C(=O)NS(=O)(=O)c2ccc(N[C@H](CCN3CCN(C(=O)CCCn4cc(COCCOCCNc5cccc6c5C(=O)N(C5CCC(=O)NC5=O)C6=O)nn4)CC3)CSc3ccccc3)c(S(=O)(=O)C(F)(F)F)c2)cc1. The topological polar surface area (TPSA) is 304 Å². The second-order valence-electron chi connectivity index (χ2n) is 19.0. The molecular formula is C52H58F3N11O12S3. The van der Waals surface area contributed by atoms with Crippen LogP contribution in [0.15, 0.2) is 112 Å². The summed E-state index contributed by atoms with van der Waals surface area (Å²) in [5.74, 6) is -3.24. The number of ether oxygens (including phenoxy) is 2. The van der Waals surface area contributed by atoms with Crippen LogP contribution in [0.5, 0.6) is 0 Å². The number of sulfone groups is 1. The predicted octanol–water partition coefficient (Wildman–Crippen LogP) is 3.91. The molecule has 8 rings (SSSR count). The maximum Gasteiger partial charge on any atom is 0.501 e. The average Bonchev–Trinajstić information content (AvgIpc) is 3.85. The molecule has 2 atom stereocenters. The van der Waals surface area contributed by atoms with Crippen molar-refractivity contribution in [3.05, 3.63) is 120 Å². The number of piperazine rings is 1. The molecule has 5 aromatic rings. The standard InChI is InChI=1S/C52H58F3N11O12S3/c53-52(54,55)80(73,74)44-30-39(81(75,76)61-48(69)34-11-13-35(56)14-12-34)15-16-41(44)58-36(33-79-38-6-2-1-3-7-38)19-22-63-23-25-64(26-24-63)46(68)10-5-21-65-31-37(60-62-65)32-78-29-28-77-27-20-57-42-9-4-8-40-47(42)51(72)66(50(40)71)43-17-18-45(67)59-49(43)70/h1-4,6-9,11-16,30-31,36,43,57-58H,5,10,17-29,32-33,56H2,(H,61,69)(H,59,67,70)/t36-,43?/m1/s1. The number of nitrogens with two attached hydrogens (primary N) is 1. The first-order valence-electron chi connectivity index (χ1n) is 25.6. The van der Waals surface area contributed by atoms with E-state index in [0.29, 0.717) is 76.1 Å². The van der Waals surface area contributed by atoms with Crippen LogP contribution in [0.1, 0.15) is 68.9 Å². The molecule has 4 heterocycles. The van der Waals surface area contributed by atoms with E-state index >= 15 is 0 Å². The number of nitrogens with one attached hydrogen (secondary N) is 4. The molecule has 0 saturated carbocycles. The van der Waals surface area contributed by atoms with E-state index in [1.807, 2.05) is 30.3 Å². The van der Waals surface area contributed by atoms with E-state index in [4.69, 9.17) is 15.2 Å². The van der Waals surface area contributed by atoms with Crippen LogP contribution < -0.4 is 26.4 Å². The highest BCUT2D eigenvalue weighted by molar-refractivity contribution is 7.99. The third-order valence-corrected chi connectivity index (χ3v) is 17.4. The number of hydrogen-bond acceptors (Lipinski definition) is 19. The number of benzene rings is 4. The van der Waals surface area contributed by atoms with E-state index in [0.717, 1.165) is 21.9 Å². The Morgan fingerprint density at radius 1 is 0.852 bits per heavy atom. The number of nitrogen functional groups attached to an aromatic ring is 1. The van der Waals surface area contributed by atoms with E-state index in [1.54, 1.807) is 32.6 Å². The van der Waals surface area contributed by atoms with Crippen molar-refractivity contribution in [1.29, 1.82) is 0 Å². The number of nitrogens with zero attached hydrogens (tertiary/aromatic N) is 6. The Balaban J connectivity index is 0.756. The van der Waals surface area contributed by atoms with Gasteiger partial charge in [-0.2, -0.15) is 13.2 Å². The molecule has 0 bridgehead atoms. The molecule has 3 aliphatic heterocycles. The molecule has 1 unspecified atom stereocenters. The number of halogens is 3. The van der Waals surface area contributed by atoms with Gasteiger partial charge in [-0.25, -0.2) is 21.6 Å². The third-order valence-electron chi connectivity index (χ3n) is 13.3. The van der Waals surface area contributed by atoms with Crippen LogP contribution >= 0.6 is 11.8 Å². The van der Waals surface area contributed by atoms with Crippen molar-refractivity contribution in [3.63, 3.8) is 0 Å². The van der Waals surface area contributed by atoms with E-state index < -0.39 is 82.5 Å². The largest absolute Gasteiger partial charge is 0.501 e. The van der Waals surface area contributed by atoms with Crippen LogP contribution in [-0.2, 0) is 56.9 Å². The molecule has 6 N–H and O–H groups in total. The van der Waals surface area contributed by atoms with E-state index in [1.165, 1.54) is 42.1 Å². The van der Waals surface area contributed by atoms with Crippen LogP contribution in [-0.4, -0.2) is 164 Å². The molecule has 23 nitrogen and oxygen atoms in total. The molecular weight excluding hydrogens is 1120 g/mol. The molecule has 29 heteroatoms. The normalized spacial score (nSPS) is 16.5. The molecule has 1 aromatic heterocycles. The highest BCUT2D eigenvalue weighted by Gasteiger charge is 2.49. The number of fused-ring (bicyclic) bond motifs is 1. The number of imide groups is 2. The molecule has 0 spiro atoms. The number of amides is 6. The van der Waals surface area contributed by atoms with Crippen LogP contribution in [0.4, 0.5) is 30.2 Å². The van der Waals surface area contributed by atoms with Gasteiger partial charge in [-0.3, -0.25) is 48.6 Å². The molecule has 2 fully saturated rings. The number of alkyl halides is 3. The quantitative estimate of drug-likeness (QED) is 0.0227. The lowest BCUT2D eigenvalue weighted by molar-refractivity contribution is -0.136. The van der Waals surface area contributed by atoms with Gasteiger partial charge in [0.2, 0.25) is 17.7 Å². The summed E-state index contributed by atoms with van der Waals surface area (Å²) in [4.78, 5) is 79.8. The Kier molecular flexibility index (Phi) is 19.5. The van der Waals surface area contributed by atoms with Crippen molar-refractivity contribution < 1.29 is 68.2 Å². The molecule has 4 aromatic carbocycles. The summed E-state index contributed by atoms with van der Waals surface area (Å²) in [7, 11) is -11.0. The summed E-state index contributed by atoms with van der Waals surface area (Å²) >= 11 is 1.38. The number of thioether (sulfide) groups is 1. The predicted molar refractivity (Wildman–Crippen MR) is 289 cm³/mol. The van der Waals surface area contributed by atoms with Gasteiger partial charge in [0.25, 0.3) is 37.6 Å². The van der Waals surface area contributed by atoms with Gasteiger partial charge in [0.15, 0.2) is 0 Å². The number of sulfonamides is 1. The number of aryl methyl sites for hydroxylation is 1. The first-order valence-corrected chi connectivity index (χ1v) is 29.6. The van der Waals surface area contributed by atoms with E-state index in [9.17, 15) is 58.8 Å². The van der Waals surface area contributed by atoms with Crippen molar-refractivity contribution in [2.45, 2.75) is 77.5 Å². The lowest BCUT2D eigenvalue weighted by Gasteiger charge is -2.35. The fraction of sp³-hybridized carbons (Fsp3) is 0.385. The summed E-state index contributed by atoms with van der Waals surface area (Å²) in [5, 5.41) is 16.5. The summed E-state index contributed by atoms with van der Waals surface area (Å²) < 4.78 is 110. The molecule has 81 heavy (non-hydrogen) atoms. The lowest BCUT2D eigenvalue weighted by atomic mass is 10.0. The molecule has 0 aliphatic carbocycles. The first-order chi connectivity index (χ1) is 38.7. The molecule has 6 amide bonds. The number of carbonyl (C=O) groups excluding carboxylic acids is 6. The van der Waals surface area contributed by atoms with Gasteiger partial charge >= 0.3 is 5.51 Å². The van der Waals surface area contributed by atoms with E-state index in [2.05, 4.69) is 31.2 Å². The number of anilines is 3. The van der Waals surface area contributed by atoms with Crippen molar-refractivity contribution in [3.8, 4) is 0 Å². The Morgan fingerprint density at radius 2 is 1.59 bits per heavy atom. The van der Waals surface area contributed by atoms with Gasteiger partial charge < -0.3 is 30.7 Å². The Hall–Kier alpha value is -7.44. The van der Waals surface area contributed by atoms with Gasteiger partial charge in [-0.1, -0.05) is 29.5 Å². The van der Waals surface area contributed by atoms with Gasteiger partial charge in [0, 0.05) is 92.3 Å². The zero-order valence-corrected chi connectivity index (χ0v) is 45.9. The average molecular weight is 1180 g/mol.